The molecule has 0 spiro atoms. The van der Waals surface area contributed by atoms with Gasteiger partial charge in [0.05, 0.1) is 12.4 Å². The molecule has 4 unspecified atom stereocenters. The molecular weight excluding hydrogens is 277 g/mol. The lowest BCUT2D eigenvalue weighted by Crippen LogP contribution is -2.14. The highest BCUT2D eigenvalue weighted by Gasteiger charge is 2.29. The molecule has 0 aliphatic carbocycles. The number of anilines is 1. The first-order valence-electron chi connectivity index (χ1n) is 6.67. The third-order valence-corrected chi connectivity index (χ3v) is 4.30. The summed E-state index contributed by atoms with van der Waals surface area (Å²) in [6, 6.07) is 0. The van der Waals surface area contributed by atoms with Crippen LogP contribution in [0.25, 0.3) is 11.2 Å². The second-order valence-electron chi connectivity index (χ2n) is 5.14. The lowest BCUT2D eigenvalue weighted by molar-refractivity contribution is 0.000848. The first-order valence-corrected chi connectivity index (χ1v) is 7.69. The van der Waals surface area contributed by atoms with Gasteiger partial charge in [0.15, 0.2) is 11.5 Å². The van der Waals surface area contributed by atoms with Crippen LogP contribution < -0.4 is 5.73 Å². The predicted octanol–water partition coefficient (Wildman–Crippen LogP) is 1.45. The summed E-state index contributed by atoms with van der Waals surface area (Å²) in [6.45, 7) is 2.04. The minimum atomic E-state index is -0.0615. The van der Waals surface area contributed by atoms with Crippen LogP contribution in [0.3, 0.4) is 0 Å². The van der Waals surface area contributed by atoms with Crippen molar-refractivity contribution < 1.29 is 9.63 Å². The fraction of sp³-hybridized carbons (Fsp3) is 0.583. The molecule has 4 atom stereocenters. The lowest BCUT2D eigenvalue weighted by atomic mass is 10.1. The van der Waals surface area contributed by atoms with Gasteiger partial charge in [0.1, 0.15) is 18.1 Å². The van der Waals surface area contributed by atoms with Gasteiger partial charge in [-0.25, -0.2) is 15.0 Å². The van der Waals surface area contributed by atoms with E-state index in [9.17, 15) is 0 Å². The van der Waals surface area contributed by atoms with Crippen LogP contribution in [0.4, 0.5) is 5.82 Å². The van der Waals surface area contributed by atoms with E-state index in [1.807, 2.05) is 11.5 Å². The summed E-state index contributed by atoms with van der Waals surface area (Å²) in [5.41, 5.74) is 7.40. The van der Waals surface area contributed by atoms with Crippen LogP contribution in [0.2, 0.25) is 0 Å². The van der Waals surface area contributed by atoms with E-state index in [2.05, 4.69) is 15.0 Å². The first-order chi connectivity index (χ1) is 9.69. The number of imidazole rings is 1. The molecule has 108 valence electrons. The quantitative estimate of drug-likeness (QED) is 0.828. The molecule has 0 bridgehead atoms. The van der Waals surface area contributed by atoms with Crippen LogP contribution in [-0.4, -0.2) is 36.2 Å². The minimum absolute atomic E-state index is 0.0306. The molecule has 7 nitrogen and oxygen atoms in total. The van der Waals surface area contributed by atoms with Gasteiger partial charge in [0.2, 0.25) is 0 Å². The highest BCUT2D eigenvalue weighted by atomic mass is 31.1. The Labute approximate surface area is 118 Å². The number of hydrogen-bond donors (Lipinski definition) is 2. The molecule has 1 fully saturated rings. The first kappa shape index (κ1) is 13.7. The number of nitrogens with zero attached hydrogens (tertiary/aromatic N) is 4. The molecule has 2 aromatic rings. The molecule has 3 N–H and O–H groups in total. The zero-order chi connectivity index (χ0) is 14.1. The number of rotatable bonds is 4. The Morgan fingerprint density at radius 2 is 2.35 bits per heavy atom. The van der Waals surface area contributed by atoms with Crippen LogP contribution in [0, 0.1) is 0 Å². The van der Waals surface area contributed by atoms with Gasteiger partial charge < -0.3 is 15.4 Å². The lowest BCUT2D eigenvalue weighted by Gasteiger charge is -2.17. The van der Waals surface area contributed by atoms with Crippen molar-refractivity contribution in [3.63, 3.8) is 0 Å². The topological polar surface area (TPSA) is 99.1 Å². The molecule has 3 heterocycles. The fourth-order valence-corrected chi connectivity index (χ4v) is 2.96. The minimum Gasteiger partial charge on any atom is -0.382 e. The molecular formula is C12H18N5O2P. The average molecular weight is 295 g/mol. The van der Waals surface area contributed by atoms with E-state index < -0.39 is 0 Å². The van der Waals surface area contributed by atoms with Crippen molar-refractivity contribution in [1.82, 2.24) is 19.5 Å². The van der Waals surface area contributed by atoms with Crippen molar-refractivity contribution in [1.29, 1.82) is 0 Å². The Morgan fingerprint density at radius 1 is 1.50 bits per heavy atom. The molecule has 8 heteroatoms. The SMILES string of the molecule is CC(CC1CCC(n2cnc3c(N)ncnc32)O1)PO. The number of nitrogens with two attached hydrogens (primary N) is 1. The Hall–Kier alpha value is -1.30. The summed E-state index contributed by atoms with van der Waals surface area (Å²) in [5.74, 6) is 0.387. The average Bonchev–Trinajstić information content (AvgIpc) is 3.05. The Morgan fingerprint density at radius 3 is 3.15 bits per heavy atom. The van der Waals surface area contributed by atoms with Gasteiger partial charge in [-0.05, 0) is 19.3 Å². The van der Waals surface area contributed by atoms with Gasteiger partial charge >= 0.3 is 0 Å². The molecule has 0 amide bonds. The van der Waals surface area contributed by atoms with Gasteiger partial charge in [0, 0.05) is 14.5 Å². The third kappa shape index (κ3) is 2.49. The van der Waals surface area contributed by atoms with Crippen LogP contribution in [0.15, 0.2) is 12.7 Å². The van der Waals surface area contributed by atoms with E-state index in [1.165, 1.54) is 6.33 Å². The summed E-state index contributed by atoms with van der Waals surface area (Å²) >= 11 is 0. The fourth-order valence-electron chi connectivity index (χ4n) is 2.59. The number of nitrogen functional groups attached to an aromatic ring is 1. The van der Waals surface area contributed by atoms with Crippen molar-refractivity contribution in [2.45, 2.75) is 44.2 Å². The van der Waals surface area contributed by atoms with E-state index >= 15 is 0 Å². The highest BCUT2D eigenvalue weighted by molar-refractivity contribution is 7.31. The van der Waals surface area contributed by atoms with Crippen LogP contribution in [0.1, 0.15) is 32.4 Å². The van der Waals surface area contributed by atoms with Gasteiger partial charge in [-0.3, -0.25) is 4.57 Å². The van der Waals surface area contributed by atoms with Crippen molar-refractivity contribution in [3.05, 3.63) is 12.7 Å². The van der Waals surface area contributed by atoms with E-state index in [0.29, 0.717) is 17.0 Å². The molecule has 1 saturated heterocycles. The maximum atomic E-state index is 9.14. The summed E-state index contributed by atoms with van der Waals surface area (Å²) < 4.78 is 7.96. The van der Waals surface area contributed by atoms with E-state index in [-0.39, 0.29) is 26.8 Å². The number of ether oxygens (including phenoxy) is 1. The normalized spacial score (nSPS) is 24.9. The number of fused-ring (bicyclic) bond motifs is 1. The second-order valence-corrected chi connectivity index (χ2v) is 6.38. The zero-order valence-electron chi connectivity index (χ0n) is 11.2. The van der Waals surface area contributed by atoms with E-state index in [0.717, 1.165) is 19.3 Å². The predicted molar refractivity (Wildman–Crippen MR) is 77.5 cm³/mol. The summed E-state index contributed by atoms with van der Waals surface area (Å²) in [7, 11) is -0.0306. The molecule has 2 aromatic heterocycles. The van der Waals surface area contributed by atoms with Crippen molar-refractivity contribution in [2.75, 3.05) is 5.73 Å². The molecule has 3 rings (SSSR count). The summed E-state index contributed by atoms with van der Waals surface area (Å²) in [6.07, 6.45) is 6.06. The van der Waals surface area contributed by atoms with Gasteiger partial charge in [-0.1, -0.05) is 6.92 Å². The van der Waals surface area contributed by atoms with Crippen molar-refractivity contribution >= 4 is 25.8 Å². The van der Waals surface area contributed by atoms with Crippen molar-refractivity contribution in [3.8, 4) is 0 Å². The maximum absolute atomic E-state index is 9.14. The Kier molecular flexibility index (Phi) is 3.83. The monoisotopic (exact) mass is 295 g/mol. The number of hydrogen-bond acceptors (Lipinski definition) is 6. The molecule has 0 aromatic carbocycles. The summed E-state index contributed by atoms with van der Waals surface area (Å²) in [5, 5.41) is 0. The van der Waals surface area contributed by atoms with Gasteiger partial charge in [-0.2, -0.15) is 0 Å². The van der Waals surface area contributed by atoms with Crippen LogP contribution >= 0.6 is 8.81 Å². The highest BCUT2D eigenvalue weighted by Crippen LogP contribution is 2.34. The molecule has 0 radical (unpaired) electrons. The molecule has 0 saturated carbocycles. The van der Waals surface area contributed by atoms with Crippen LogP contribution in [0.5, 0.6) is 0 Å². The Bertz CT molecular complexity index is 605. The number of aromatic nitrogens is 4. The second kappa shape index (κ2) is 5.60. The smallest absolute Gasteiger partial charge is 0.167 e. The van der Waals surface area contributed by atoms with Crippen molar-refractivity contribution in [2.24, 2.45) is 0 Å². The molecule has 20 heavy (non-hydrogen) atoms. The third-order valence-electron chi connectivity index (χ3n) is 3.62. The standard InChI is InChI=1S/C12H18N5O2P/c1-7(20-18)4-8-2-3-9(19-8)17-6-16-10-11(13)14-5-15-12(10)17/h5-9,18,20H,2-4H2,1H3,(H2,13,14,15). The molecule has 1 aliphatic rings. The largest absolute Gasteiger partial charge is 0.382 e. The van der Waals surface area contributed by atoms with E-state index in [1.54, 1.807) is 6.33 Å². The summed E-state index contributed by atoms with van der Waals surface area (Å²) in [4.78, 5) is 21.6. The molecule has 1 aliphatic heterocycles. The Balaban J connectivity index is 1.78. The van der Waals surface area contributed by atoms with Crippen LogP contribution in [-0.2, 0) is 4.74 Å². The van der Waals surface area contributed by atoms with Gasteiger partial charge in [0.25, 0.3) is 0 Å². The zero-order valence-corrected chi connectivity index (χ0v) is 12.2. The van der Waals surface area contributed by atoms with Gasteiger partial charge in [-0.15, -0.1) is 0 Å². The maximum Gasteiger partial charge on any atom is 0.167 e. The van der Waals surface area contributed by atoms with E-state index in [4.69, 9.17) is 15.4 Å².